The van der Waals surface area contributed by atoms with Crippen molar-refractivity contribution in [2.24, 2.45) is 0 Å². The zero-order chi connectivity index (χ0) is 82.9. The van der Waals surface area contributed by atoms with Crippen LogP contribution in [0.1, 0.15) is 252 Å². The van der Waals surface area contributed by atoms with Gasteiger partial charge in [0.1, 0.15) is 104 Å². The SMILES string of the molecule is CCCCCCCCCCCCCCCCCCCCCCC(O)C(=O)NC(COC1OC(CO)C(OC2OC(CO)C(O)C(OC3(C(=O)O)CC(O)C(NC(=O)COC4(C(=O)O)CC(O)C(NC(C)=O)C(C(O)C(CO)OC)O4)C(C(O)C(O)CO)O3)C2O)C(O)C1O)C(O)C(O)CCCCCCCCCCCCCC. The molecule has 26 atom stereocenters. The van der Waals surface area contributed by atoms with E-state index in [9.17, 15) is 116 Å². The average molecular weight is 1620 g/mol. The number of unbranched alkanes of at least 4 members (excludes halogenated alkanes) is 30. The number of carbonyl (C=O) groups excluding carboxylic acids is 3. The number of carbonyl (C=O) groups is 5. The van der Waals surface area contributed by atoms with Gasteiger partial charge < -0.3 is 150 Å². The fraction of sp³-hybridized carbons (Fsp3) is 0.935. The number of ether oxygens (including phenoxy) is 9. The van der Waals surface area contributed by atoms with Gasteiger partial charge in [0.2, 0.25) is 17.7 Å². The Labute approximate surface area is 658 Å². The van der Waals surface area contributed by atoms with Crippen LogP contribution in [-0.2, 0) is 66.6 Å². The summed E-state index contributed by atoms with van der Waals surface area (Å²) in [4.78, 5) is 65.9. The molecule has 4 aliphatic rings. The van der Waals surface area contributed by atoms with Crippen LogP contribution < -0.4 is 16.0 Å². The topological polar surface area (TPSA) is 569 Å². The second-order valence-electron chi connectivity index (χ2n) is 30.9. The van der Waals surface area contributed by atoms with Gasteiger partial charge in [-0.3, -0.25) is 14.4 Å². The highest BCUT2D eigenvalue weighted by Crippen LogP contribution is 2.40. The molecule has 35 nitrogen and oxygen atoms in total. The summed E-state index contributed by atoms with van der Waals surface area (Å²) in [6, 6.07) is -5.11. The second kappa shape index (κ2) is 54.4. The van der Waals surface area contributed by atoms with E-state index >= 15 is 0 Å². The summed E-state index contributed by atoms with van der Waals surface area (Å²) in [5, 5.41) is 206. The van der Waals surface area contributed by atoms with E-state index in [0.29, 0.717) is 12.8 Å². The first-order chi connectivity index (χ1) is 53.6. The van der Waals surface area contributed by atoms with Gasteiger partial charge in [-0.1, -0.05) is 219 Å². The molecule has 4 fully saturated rings. The van der Waals surface area contributed by atoms with E-state index in [2.05, 4.69) is 29.8 Å². The molecular weight excluding hydrogens is 1480 g/mol. The molecule has 0 spiro atoms. The number of methoxy groups -OCH3 is 1. The van der Waals surface area contributed by atoms with Gasteiger partial charge in [-0.2, -0.15) is 0 Å². The van der Waals surface area contributed by atoms with Gasteiger partial charge in [0.05, 0.1) is 69.5 Å². The summed E-state index contributed by atoms with van der Waals surface area (Å²) < 4.78 is 51.0. The lowest BCUT2D eigenvalue weighted by molar-refractivity contribution is -0.386. The van der Waals surface area contributed by atoms with Gasteiger partial charge in [0.25, 0.3) is 11.6 Å². The first kappa shape index (κ1) is 101. The van der Waals surface area contributed by atoms with Gasteiger partial charge in [-0.25, -0.2) is 9.59 Å². The number of hydrogen-bond donors (Lipinski definition) is 21. The standard InChI is InChI=1S/C77H141N3O32/c1-5-7-9-11-13-15-17-19-20-21-22-23-24-25-26-28-30-32-34-36-38-50(87)71(99)79-48(60(92)49(86)37-35-33-31-29-27-18-16-14-12-10-8-6-2)45-105-72-65(97)64(96)67(56(44-84)108-72)109-73-66(98)70(63(95)55(43-83)107-73)112-77(75(102)103)40-52(89)59(68(111-77)61(93)53(90)41-81)80-57(91)46-106-76(74(100)101)39-51(88)58(78-47(3)85)69(110-76)62(94)54(42-82)104-4/h48-56,58-70,72-73,81-84,86-90,92-98H,5-46H2,1-4H3,(H,78,85)(H,79,99)(H,80,91)(H,100,101)(H,102,103). The number of amides is 3. The maximum Gasteiger partial charge on any atom is 0.364 e. The fourth-order valence-corrected chi connectivity index (χ4v) is 15.0. The van der Waals surface area contributed by atoms with Crippen molar-refractivity contribution in [3.8, 4) is 0 Å². The predicted molar refractivity (Wildman–Crippen MR) is 400 cm³/mol. The third-order valence-electron chi connectivity index (χ3n) is 21.9. The number of aliphatic hydroxyl groups is 16. The molecule has 3 amide bonds. The molecule has 0 aromatic carbocycles. The first-order valence-electron chi connectivity index (χ1n) is 41.3. The Morgan fingerprint density at radius 3 is 1.38 bits per heavy atom. The average Bonchev–Trinajstić information content (AvgIpc) is 0.747. The molecule has 0 bridgehead atoms. The Morgan fingerprint density at radius 2 is 0.929 bits per heavy atom. The third-order valence-corrected chi connectivity index (χ3v) is 21.9. The number of carboxylic acid groups (broad SMARTS) is 2. The van der Waals surface area contributed by atoms with Gasteiger partial charge >= 0.3 is 11.9 Å². The minimum absolute atomic E-state index is 0.0899. The maximum atomic E-state index is 13.8. The van der Waals surface area contributed by atoms with Gasteiger partial charge in [0.15, 0.2) is 12.6 Å². The van der Waals surface area contributed by atoms with Gasteiger partial charge in [-0.15, -0.1) is 0 Å². The largest absolute Gasteiger partial charge is 0.477 e. The van der Waals surface area contributed by atoms with Crippen LogP contribution in [0.15, 0.2) is 0 Å². The molecular formula is C77H141N3O32. The van der Waals surface area contributed by atoms with Crippen molar-refractivity contribution in [3.05, 3.63) is 0 Å². The minimum atomic E-state index is -3.39. The Hall–Kier alpha value is -3.65. The van der Waals surface area contributed by atoms with Crippen LogP contribution in [0.5, 0.6) is 0 Å². The van der Waals surface area contributed by atoms with Crippen molar-refractivity contribution < 1.29 is 159 Å². The fourth-order valence-electron chi connectivity index (χ4n) is 15.0. The monoisotopic (exact) mass is 1620 g/mol. The van der Waals surface area contributed by atoms with Crippen LogP contribution in [0.25, 0.3) is 0 Å². The molecule has 0 aromatic heterocycles. The summed E-state index contributed by atoms with van der Waals surface area (Å²) in [5.41, 5.74) is 0. The van der Waals surface area contributed by atoms with Gasteiger partial charge in [-0.05, 0) is 12.8 Å². The molecule has 112 heavy (non-hydrogen) atoms. The number of aliphatic carboxylic acids is 2. The summed E-state index contributed by atoms with van der Waals surface area (Å²) in [6.07, 6.45) is -8.50. The second-order valence-corrected chi connectivity index (χ2v) is 30.9. The van der Waals surface area contributed by atoms with Crippen LogP contribution in [0.3, 0.4) is 0 Å². The lowest BCUT2D eigenvalue weighted by atomic mass is 9.88. The van der Waals surface area contributed by atoms with Crippen LogP contribution in [0.4, 0.5) is 0 Å². The highest BCUT2D eigenvalue weighted by Gasteiger charge is 2.61. The molecule has 26 unspecified atom stereocenters. The molecule has 4 rings (SSSR count). The molecule has 4 heterocycles. The molecule has 4 aliphatic heterocycles. The van der Waals surface area contributed by atoms with E-state index in [1.165, 1.54) is 128 Å². The van der Waals surface area contributed by atoms with E-state index < -0.39 is 240 Å². The minimum Gasteiger partial charge on any atom is -0.477 e. The lowest BCUT2D eigenvalue weighted by Gasteiger charge is -2.50. The van der Waals surface area contributed by atoms with Crippen LogP contribution in [0, 0.1) is 0 Å². The highest BCUT2D eigenvalue weighted by atomic mass is 16.8. The molecule has 0 radical (unpaired) electrons. The van der Waals surface area contributed by atoms with Crippen LogP contribution >= 0.6 is 0 Å². The van der Waals surface area contributed by atoms with E-state index in [4.69, 9.17) is 42.6 Å². The van der Waals surface area contributed by atoms with Crippen molar-refractivity contribution in [3.63, 3.8) is 0 Å². The van der Waals surface area contributed by atoms with E-state index in [-0.39, 0.29) is 12.8 Å². The summed E-state index contributed by atoms with van der Waals surface area (Å²) in [6.45, 7) is -1.04. The molecule has 4 saturated heterocycles. The molecule has 0 aromatic rings. The van der Waals surface area contributed by atoms with Crippen molar-refractivity contribution in [2.75, 3.05) is 46.8 Å². The molecule has 0 aliphatic carbocycles. The van der Waals surface area contributed by atoms with Crippen LogP contribution in [0.2, 0.25) is 0 Å². The molecule has 21 N–H and O–H groups in total. The van der Waals surface area contributed by atoms with Gasteiger partial charge in [0, 0.05) is 26.9 Å². The number of carboxylic acids is 2. The number of aliphatic hydroxyl groups excluding tert-OH is 16. The quantitative estimate of drug-likeness (QED) is 0.0368. The van der Waals surface area contributed by atoms with Crippen molar-refractivity contribution >= 4 is 29.7 Å². The Balaban J connectivity index is 1.44. The predicted octanol–water partition coefficient (Wildman–Crippen LogP) is 0.472. The molecule has 35 heteroatoms. The van der Waals surface area contributed by atoms with E-state index in [1.54, 1.807) is 0 Å². The normalized spacial score (nSPS) is 30.5. The zero-order valence-corrected chi connectivity index (χ0v) is 66.3. The van der Waals surface area contributed by atoms with Crippen molar-refractivity contribution in [1.29, 1.82) is 0 Å². The van der Waals surface area contributed by atoms with Crippen LogP contribution in [-0.4, -0.2) is 327 Å². The molecule has 0 saturated carbocycles. The number of nitrogens with one attached hydrogen (secondary N) is 3. The Bertz CT molecular complexity index is 2570. The Morgan fingerprint density at radius 1 is 0.491 bits per heavy atom. The third kappa shape index (κ3) is 32.6. The maximum absolute atomic E-state index is 13.8. The van der Waals surface area contributed by atoms with Crippen molar-refractivity contribution in [1.82, 2.24) is 16.0 Å². The smallest absolute Gasteiger partial charge is 0.364 e. The lowest BCUT2D eigenvalue weighted by Crippen LogP contribution is -2.71. The number of rotatable bonds is 61. The summed E-state index contributed by atoms with van der Waals surface area (Å²) in [7, 11) is 1.06. The molecule has 656 valence electrons. The summed E-state index contributed by atoms with van der Waals surface area (Å²) >= 11 is 0. The zero-order valence-electron chi connectivity index (χ0n) is 66.3. The first-order valence-corrected chi connectivity index (χ1v) is 41.3. The number of hydrogen-bond acceptors (Lipinski definition) is 30. The summed E-state index contributed by atoms with van der Waals surface area (Å²) in [5.74, 6) is -13.7. The Kier molecular flexibility index (Phi) is 48.9. The van der Waals surface area contributed by atoms with E-state index in [0.717, 1.165) is 78.2 Å². The van der Waals surface area contributed by atoms with E-state index in [1.807, 2.05) is 0 Å². The van der Waals surface area contributed by atoms with Crippen molar-refractivity contribution in [2.45, 2.75) is 410 Å². The highest BCUT2D eigenvalue weighted by molar-refractivity contribution is 5.81.